The molecule has 0 bridgehead atoms. The topological polar surface area (TPSA) is 76.6 Å². The molecule has 0 spiro atoms. The standard InChI is InChI=1S/C24H28N8O/c1-29-9-4-19(5-10-29)20-6-11-31(27-20)22-17-24(30-12-14-33-15-13-30)32-23(26-22)16-21(28-32)18-2-7-25-8-3-18/h2-3,6-8,11,16-17,19H,4-5,9-10,12-15H2,1H3. The summed E-state index contributed by atoms with van der Waals surface area (Å²) in [5.41, 5.74) is 3.86. The second kappa shape index (κ2) is 8.57. The van der Waals surface area contributed by atoms with Crippen LogP contribution in [0, 0.1) is 0 Å². The van der Waals surface area contributed by atoms with Crippen molar-refractivity contribution < 1.29 is 4.74 Å². The number of hydrogen-bond acceptors (Lipinski definition) is 7. The largest absolute Gasteiger partial charge is 0.378 e. The molecule has 170 valence electrons. The fraction of sp³-hybridized carbons (Fsp3) is 0.417. The van der Waals surface area contributed by atoms with Crippen LogP contribution in [0.5, 0.6) is 0 Å². The average molecular weight is 445 g/mol. The highest BCUT2D eigenvalue weighted by Crippen LogP contribution is 2.28. The van der Waals surface area contributed by atoms with Crippen LogP contribution in [0.25, 0.3) is 22.7 Å². The summed E-state index contributed by atoms with van der Waals surface area (Å²) in [6, 6.07) is 10.2. The van der Waals surface area contributed by atoms with Crippen molar-refractivity contribution in [2.24, 2.45) is 0 Å². The van der Waals surface area contributed by atoms with Gasteiger partial charge in [-0.1, -0.05) is 0 Å². The Morgan fingerprint density at radius 2 is 1.73 bits per heavy atom. The molecule has 33 heavy (non-hydrogen) atoms. The van der Waals surface area contributed by atoms with Gasteiger partial charge in [-0.05, 0) is 51.2 Å². The highest BCUT2D eigenvalue weighted by Gasteiger charge is 2.22. The number of hydrogen-bond donors (Lipinski definition) is 0. The first-order valence-electron chi connectivity index (χ1n) is 11.6. The van der Waals surface area contributed by atoms with Crippen LogP contribution < -0.4 is 4.90 Å². The van der Waals surface area contributed by atoms with Gasteiger partial charge in [-0.15, -0.1) is 0 Å². The number of fused-ring (bicyclic) bond motifs is 1. The van der Waals surface area contributed by atoms with Crippen LogP contribution >= 0.6 is 0 Å². The minimum Gasteiger partial charge on any atom is -0.378 e. The number of aromatic nitrogens is 6. The van der Waals surface area contributed by atoms with Gasteiger partial charge in [0, 0.05) is 55.3 Å². The van der Waals surface area contributed by atoms with Gasteiger partial charge < -0.3 is 14.5 Å². The quantitative estimate of drug-likeness (QED) is 0.479. The van der Waals surface area contributed by atoms with Crippen molar-refractivity contribution in [1.29, 1.82) is 0 Å². The molecule has 0 N–H and O–H groups in total. The number of pyridine rings is 1. The van der Waals surface area contributed by atoms with E-state index in [1.807, 2.05) is 33.6 Å². The van der Waals surface area contributed by atoms with Gasteiger partial charge >= 0.3 is 0 Å². The van der Waals surface area contributed by atoms with Crippen LogP contribution in [-0.4, -0.2) is 80.7 Å². The number of likely N-dealkylation sites (tertiary alicyclic amines) is 1. The van der Waals surface area contributed by atoms with E-state index in [4.69, 9.17) is 19.9 Å². The number of ether oxygens (including phenoxy) is 1. The first-order chi connectivity index (χ1) is 16.2. The number of nitrogens with zero attached hydrogens (tertiary/aromatic N) is 8. The van der Waals surface area contributed by atoms with Crippen molar-refractivity contribution in [3.63, 3.8) is 0 Å². The van der Waals surface area contributed by atoms with Gasteiger partial charge in [-0.25, -0.2) is 9.67 Å². The molecule has 0 aliphatic carbocycles. The molecule has 4 aromatic rings. The number of piperidine rings is 1. The van der Waals surface area contributed by atoms with Gasteiger partial charge in [0.15, 0.2) is 11.5 Å². The molecular formula is C24H28N8O. The third-order valence-corrected chi connectivity index (χ3v) is 6.69. The zero-order valence-electron chi connectivity index (χ0n) is 18.8. The van der Waals surface area contributed by atoms with Crippen LogP contribution in [-0.2, 0) is 4.74 Å². The summed E-state index contributed by atoms with van der Waals surface area (Å²) in [5.74, 6) is 2.33. The molecule has 6 heterocycles. The lowest BCUT2D eigenvalue weighted by atomic mass is 9.94. The average Bonchev–Trinajstić information content (AvgIpc) is 3.53. The molecule has 2 aliphatic rings. The smallest absolute Gasteiger partial charge is 0.160 e. The molecule has 9 heteroatoms. The highest BCUT2D eigenvalue weighted by atomic mass is 16.5. The van der Waals surface area contributed by atoms with E-state index in [-0.39, 0.29) is 0 Å². The van der Waals surface area contributed by atoms with E-state index in [2.05, 4.69) is 34.0 Å². The van der Waals surface area contributed by atoms with Gasteiger partial charge in [0.1, 0.15) is 5.82 Å². The third kappa shape index (κ3) is 3.98. The zero-order chi connectivity index (χ0) is 22.2. The van der Waals surface area contributed by atoms with Crippen LogP contribution in [0.2, 0.25) is 0 Å². The Balaban J connectivity index is 1.41. The molecule has 2 saturated heterocycles. The van der Waals surface area contributed by atoms with Crippen molar-refractivity contribution in [3.8, 4) is 17.1 Å². The van der Waals surface area contributed by atoms with E-state index in [0.717, 1.165) is 73.3 Å². The maximum absolute atomic E-state index is 5.59. The molecule has 0 aromatic carbocycles. The number of rotatable bonds is 4. The first kappa shape index (κ1) is 20.3. The minimum atomic E-state index is 0.512. The molecule has 0 radical (unpaired) electrons. The van der Waals surface area contributed by atoms with E-state index >= 15 is 0 Å². The van der Waals surface area contributed by atoms with Gasteiger partial charge in [0.25, 0.3) is 0 Å². The fourth-order valence-corrected chi connectivity index (χ4v) is 4.73. The van der Waals surface area contributed by atoms with Crippen molar-refractivity contribution >= 4 is 11.5 Å². The summed E-state index contributed by atoms with van der Waals surface area (Å²) >= 11 is 0. The summed E-state index contributed by atoms with van der Waals surface area (Å²) in [5, 5.41) is 9.83. The van der Waals surface area contributed by atoms with Crippen LogP contribution in [0.4, 0.5) is 5.82 Å². The lowest BCUT2D eigenvalue weighted by Crippen LogP contribution is -2.37. The minimum absolute atomic E-state index is 0.512. The number of anilines is 1. The normalized spacial score (nSPS) is 18.3. The molecule has 4 aromatic heterocycles. The lowest BCUT2D eigenvalue weighted by molar-refractivity contribution is 0.122. The predicted molar refractivity (Wildman–Crippen MR) is 126 cm³/mol. The summed E-state index contributed by atoms with van der Waals surface area (Å²) in [4.78, 5) is 13.8. The Labute approximate surface area is 192 Å². The van der Waals surface area contributed by atoms with Gasteiger partial charge in [0.2, 0.25) is 0 Å². The predicted octanol–water partition coefficient (Wildman–Crippen LogP) is 2.62. The van der Waals surface area contributed by atoms with Crippen molar-refractivity contribution in [1.82, 2.24) is 34.3 Å². The second-order valence-electron chi connectivity index (χ2n) is 8.87. The van der Waals surface area contributed by atoms with Crippen molar-refractivity contribution in [2.75, 3.05) is 51.3 Å². The van der Waals surface area contributed by atoms with E-state index in [1.54, 1.807) is 12.4 Å². The Morgan fingerprint density at radius 1 is 0.939 bits per heavy atom. The lowest BCUT2D eigenvalue weighted by Gasteiger charge is -2.29. The Bertz CT molecular complexity index is 1240. The molecule has 9 nitrogen and oxygen atoms in total. The maximum Gasteiger partial charge on any atom is 0.160 e. The molecule has 6 rings (SSSR count). The molecule has 0 saturated carbocycles. The monoisotopic (exact) mass is 444 g/mol. The third-order valence-electron chi connectivity index (χ3n) is 6.69. The van der Waals surface area contributed by atoms with Gasteiger partial charge in [0.05, 0.1) is 24.6 Å². The molecule has 0 amide bonds. The van der Waals surface area contributed by atoms with Gasteiger partial charge in [-0.3, -0.25) is 4.98 Å². The zero-order valence-corrected chi connectivity index (χ0v) is 18.8. The molecule has 0 atom stereocenters. The van der Waals surface area contributed by atoms with Crippen LogP contribution in [0.3, 0.4) is 0 Å². The Hall–Kier alpha value is -3.30. The Kier molecular flexibility index (Phi) is 5.27. The SMILES string of the molecule is CN1CCC(c2ccn(-c3cc(N4CCOCC4)n4nc(-c5ccncc5)cc4n3)n2)CC1. The van der Waals surface area contributed by atoms with Crippen molar-refractivity contribution in [3.05, 3.63) is 54.6 Å². The van der Waals surface area contributed by atoms with Crippen LogP contribution in [0.15, 0.2) is 48.9 Å². The summed E-state index contributed by atoms with van der Waals surface area (Å²) in [6.45, 7) is 5.30. The second-order valence-corrected chi connectivity index (χ2v) is 8.87. The van der Waals surface area contributed by atoms with Crippen molar-refractivity contribution in [2.45, 2.75) is 18.8 Å². The highest BCUT2D eigenvalue weighted by molar-refractivity contribution is 5.66. The first-order valence-corrected chi connectivity index (χ1v) is 11.6. The van der Waals surface area contributed by atoms with E-state index in [0.29, 0.717) is 19.1 Å². The van der Waals surface area contributed by atoms with Gasteiger partial charge in [-0.2, -0.15) is 14.7 Å². The summed E-state index contributed by atoms with van der Waals surface area (Å²) in [6.07, 6.45) is 7.91. The Morgan fingerprint density at radius 3 is 2.52 bits per heavy atom. The van der Waals surface area contributed by atoms with E-state index in [9.17, 15) is 0 Å². The fourth-order valence-electron chi connectivity index (χ4n) is 4.73. The number of morpholine rings is 1. The molecule has 0 unspecified atom stereocenters. The summed E-state index contributed by atoms with van der Waals surface area (Å²) in [7, 11) is 2.19. The molecule has 2 aliphatic heterocycles. The van der Waals surface area contributed by atoms with E-state index < -0.39 is 0 Å². The molecular weight excluding hydrogens is 416 g/mol. The van der Waals surface area contributed by atoms with Crippen LogP contribution in [0.1, 0.15) is 24.5 Å². The maximum atomic E-state index is 5.59. The molecule has 2 fully saturated rings. The summed E-state index contributed by atoms with van der Waals surface area (Å²) < 4.78 is 9.44. The van der Waals surface area contributed by atoms with E-state index in [1.165, 1.54) is 0 Å².